The Morgan fingerprint density at radius 1 is 1.07 bits per heavy atom. The van der Waals surface area contributed by atoms with Crippen molar-refractivity contribution in [1.82, 2.24) is 29.5 Å². The number of amides is 1. The minimum Gasteiger partial charge on any atom is -0.340 e. The van der Waals surface area contributed by atoms with Crippen LogP contribution in [0.3, 0.4) is 0 Å². The summed E-state index contributed by atoms with van der Waals surface area (Å²) in [5.74, 6) is 0.613. The molecule has 1 saturated heterocycles. The van der Waals surface area contributed by atoms with Crippen molar-refractivity contribution in [2.24, 2.45) is 0 Å². The van der Waals surface area contributed by atoms with Gasteiger partial charge in [0, 0.05) is 49.6 Å². The molecule has 2 aromatic rings. The number of rotatable bonds is 5. The van der Waals surface area contributed by atoms with Gasteiger partial charge >= 0.3 is 0 Å². The number of aromatic nitrogens is 4. The Balaban J connectivity index is 1.72. The number of nitrogens with one attached hydrogen (secondary N) is 1. The number of carbonyl (C=O) groups is 1. The van der Waals surface area contributed by atoms with E-state index in [0.717, 1.165) is 49.7 Å². The molecule has 8 heteroatoms. The quantitative estimate of drug-likeness (QED) is 0.837. The van der Waals surface area contributed by atoms with E-state index in [1.54, 1.807) is 11.6 Å². The van der Waals surface area contributed by atoms with Crippen LogP contribution < -0.4 is 5.56 Å². The summed E-state index contributed by atoms with van der Waals surface area (Å²) in [5.41, 5.74) is 3.96. The van der Waals surface area contributed by atoms with Crippen molar-refractivity contribution in [3.63, 3.8) is 0 Å². The van der Waals surface area contributed by atoms with Gasteiger partial charge in [-0.1, -0.05) is 6.92 Å². The highest BCUT2D eigenvalue weighted by molar-refractivity contribution is 5.76. The number of hydrogen-bond acceptors (Lipinski definition) is 5. The summed E-state index contributed by atoms with van der Waals surface area (Å²) in [6.07, 6.45) is 1.11. The van der Waals surface area contributed by atoms with Crippen molar-refractivity contribution in [2.75, 3.05) is 32.7 Å². The molecule has 152 valence electrons. The summed E-state index contributed by atoms with van der Waals surface area (Å²) in [6.45, 7) is 14.1. The maximum absolute atomic E-state index is 12.6. The molecule has 0 atom stereocenters. The first kappa shape index (κ1) is 20.3. The first-order valence-electron chi connectivity index (χ1n) is 9.95. The van der Waals surface area contributed by atoms with Gasteiger partial charge in [-0.3, -0.25) is 14.6 Å². The number of H-pyrrole nitrogens is 1. The van der Waals surface area contributed by atoms with Gasteiger partial charge in [-0.25, -0.2) is 9.67 Å². The lowest BCUT2D eigenvalue weighted by molar-refractivity contribution is -0.132. The fourth-order valence-corrected chi connectivity index (χ4v) is 3.68. The standard InChI is InChI=1S/C20H30N6O2/c1-6-24-9-11-25(12-10-24)18(27)8-7-17-15(4)23-26(16(17)5)20-21-14(3)13(2)19(28)22-20/h6-12H2,1-5H3,(H,21,22,28). The minimum atomic E-state index is -0.155. The lowest BCUT2D eigenvalue weighted by atomic mass is 10.1. The Kier molecular flexibility index (Phi) is 5.98. The highest BCUT2D eigenvalue weighted by atomic mass is 16.2. The van der Waals surface area contributed by atoms with Crippen molar-refractivity contribution < 1.29 is 4.79 Å². The summed E-state index contributed by atoms with van der Waals surface area (Å²) in [7, 11) is 0. The second-order valence-electron chi connectivity index (χ2n) is 7.48. The van der Waals surface area contributed by atoms with E-state index in [-0.39, 0.29) is 11.5 Å². The number of aromatic amines is 1. The predicted octanol–water partition coefficient (Wildman–Crippen LogP) is 1.29. The van der Waals surface area contributed by atoms with Crippen LogP contribution in [0, 0.1) is 27.7 Å². The molecular weight excluding hydrogens is 356 g/mol. The van der Waals surface area contributed by atoms with E-state index in [1.807, 2.05) is 25.7 Å². The van der Waals surface area contributed by atoms with E-state index in [9.17, 15) is 9.59 Å². The number of carbonyl (C=O) groups excluding carboxylic acids is 1. The average molecular weight is 387 g/mol. The van der Waals surface area contributed by atoms with Gasteiger partial charge in [-0.2, -0.15) is 5.10 Å². The molecule has 0 aromatic carbocycles. The molecule has 0 aliphatic carbocycles. The summed E-state index contributed by atoms with van der Waals surface area (Å²) in [4.78, 5) is 36.3. The second kappa shape index (κ2) is 8.26. The lowest BCUT2D eigenvalue weighted by Gasteiger charge is -2.34. The van der Waals surface area contributed by atoms with Crippen LogP contribution in [-0.4, -0.2) is 68.2 Å². The Labute approximate surface area is 165 Å². The maximum atomic E-state index is 12.6. The van der Waals surface area contributed by atoms with Crippen LogP contribution in [0.4, 0.5) is 0 Å². The molecule has 1 aliphatic heterocycles. The molecule has 0 unspecified atom stereocenters. The molecule has 1 amide bonds. The molecule has 3 rings (SSSR count). The van der Waals surface area contributed by atoms with Crippen LogP contribution in [0.1, 0.15) is 41.6 Å². The van der Waals surface area contributed by atoms with E-state index >= 15 is 0 Å². The Morgan fingerprint density at radius 2 is 1.75 bits per heavy atom. The Bertz CT molecular complexity index is 922. The van der Waals surface area contributed by atoms with Gasteiger partial charge in [0.05, 0.1) is 5.69 Å². The first-order chi connectivity index (χ1) is 13.3. The van der Waals surface area contributed by atoms with Gasteiger partial charge in [0.25, 0.3) is 5.56 Å². The largest absolute Gasteiger partial charge is 0.340 e. The normalized spacial score (nSPS) is 15.2. The van der Waals surface area contributed by atoms with Crippen molar-refractivity contribution in [3.8, 4) is 5.95 Å². The van der Waals surface area contributed by atoms with Crippen molar-refractivity contribution >= 4 is 5.91 Å². The molecule has 1 fully saturated rings. The lowest BCUT2D eigenvalue weighted by Crippen LogP contribution is -2.48. The third-order valence-electron chi connectivity index (χ3n) is 5.79. The fraction of sp³-hybridized carbons (Fsp3) is 0.600. The van der Waals surface area contributed by atoms with Gasteiger partial charge in [-0.05, 0) is 46.2 Å². The molecule has 1 aliphatic rings. The van der Waals surface area contributed by atoms with Crippen LogP contribution in [0.15, 0.2) is 4.79 Å². The third kappa shape index (κ3) is 4.01. The summed E-state index contributed by atoms with van der Waals surface area (Å²) >= 11 is 0. The number of piperazine rings is 1. The molecule has 0 bridgehead atoms. The predicted molar refractivity (Wildman–Crippen MR) is 108 cm³/mol. The van der Waals surface area contributed by atoms with Gasteiger partial charge in [0.2, 0.25) is 11.9 Å². The molecule has 0 saturated carbocycles. The molecule has 1 N–H and O–H groups in total. The van der Waals surface area contributed by atoms with E-state index in [2.05, 4.69) is 26.9 Å². The minimum absolute atomic E-state index is 0.155. The summed E-state index contributed by atoms with van der Waals surface area (Å²) in [6, 6.07) is 0. The molecule has 2 aromatic heterocycles. The van der Waals surface area contributed by atoms with E-state index in [4.69, 9.17) is 0 Å². The van der Waals surface area contributed by atoms with Crippen LogP contribution in [0.5, 0.6) is 0 Å². The SMILES string of the molecule is CCN1CCN(C(=O)CCc2c(C)nn(-c3nc(C)c(C)c(=O)[nH]3)c2C)CC1. The molecule has 28 heavy (non-hydrogen) atoms. The smallest absolute Gasteiger partial charge is 0.255 e. The van der Waals surface area contributed by atoms with Gasteiger partial charge in [-0.15, -0.1) is 0 Å². The first-order valence-corrected chi connectivity index (χ1v) is 9.95. The molecule has 3 heterocycles. The van der Waals surface area contributed by atoms with Crippen molar-refractivity contribution in [3.05, 3.63) is 38.6 Å². The molecule has 0 radical (unpaired) electrons. The van der Waals surface area contributed by atoms with Gasteiger partial charge in [0.15, 0.2) is 0 Å². The van der Waals surface area contributed by atoms with Gasteiger partial charge in [0.1, 0.15) is 0 Å². The highest BCUT2D eigenvalue weighted by Crippen LogP contribution is 2.18. The van der Waals surface area contributed by atoms with Crippen LogP contribution >= 0.6 is 0 Å². The Morgan fingerprint density at radius 3 is 2.36 bits per heavy atom. The van der Waals surface area contributed by atoms with Crippen molar-refractivity contribution in [2.45, 2.75) is 47.5 Å². The number of aryl methyl sites for hydroxylation is 2. The zero-order chi connectivity index (χ0) is 20.4. The monoisotopic (exact) mass is 386 g/mol. The summed E-state index contributed by atoms with van der Waals surface area (Å²) in [5, 5.41) is 4.56. The number of hydrogen-bond donors (Lipinski definition) is 1. The van der Waals surface area contributed by atoms with E-state index in [0.29, 0.717) is 30.0 Å². The molecule has 0 spiro atoms. The van der Waals surface area contributed by atoms with Crippen LogP contribution in [0.2, 0.25) is 0 Å². The van der Waals surface area contributed by atoms with Crippen LogP contribution in [0.25, 0.3) is 5.95 Å². The number of likely N-dealkylation sites (N-methyl/N-ethyl adjacent to an activating group) is 1. The van der Waals surface area contributed by atoms with Crippen LogP contribution in [-0.2, 0) is 11.2 Å². The van der Waals surface area contributed by atoms with Crippen molar-refractivity contribution in [1.29, 1.82) is 0 Å². The molecular formula is C20H30N6O2. The van der Waals surface area contributed by atoms with E-state index in [1.165, 1.54) is 0 Å². The zero-order valence-corrected chi connectivity index (χ0v) is 17.5. The third-order valence-corrected chi connectivity index (χ3v) is 5.79. The zero-order valence-electron chi connectivity index (χ0n) is 17.5. The summed E-state index contributed by atoms with van der Waals surface area (Å²) < 4.78 is 1.67. The maximum Gasteiger partial charge on any atom is 0.255 e. The Hall–Kier alpha value is -2.48. The topological polar surface area (TPSA) is 87.1 Å². The highest BCUT2D eigenvalue weighted by Gasteiger charge is 2.21. The van der Waals surface area contributed by atoms with Gasteiger partial charge < -0.3 is 9.80 Å². The molecule has 8 nitrogen and oxygen atoms in total. The van der Waals surface area contributed by atoms with E-state index < -0.39 is 0 Å². The number of nitrogens with zero attached hydrogens (tertiary/aromatic N) is 5. The average Bonchev–Trinajstić information content (AvgIpc) is 2.97. The fourth-order valence-electron chi connectivity index (χ4n) is 3.68. The second-order valence-corrected chi connectivity index (χ2v) is 7.48.